The van der Waals surface area contributed by atoms with Gasteiger partial charge in [-0.3, -0.25) is 9.00 Å². The van der Waals surface area contributed by atoms with Gasteiger partial charge in [-0.25, -0.2) is 9.37 Å². The Morgan fingerprint density at radius 3 is 2.38 bits per heavy atom. The predicted molar refractivity (Wildman–Crippen MR) is 148 cm³/mol. The molecule has 1 N–H and O–H groups in total. The third-order valence-corrected chi connectivity index (χ3v) is 9.47. The quantitative estimate of drug-likeness (QED) is 0.458. The van der Waals surface area contributed by atoms with Gasteiger partial charge in [0.15, 0.2) is 0 Å². The van der Waals surface area contributed by atoms with E-state index < -0.39 is 16.3 Å². The van der Waals surface area contributed by atoms with E-state index in [-0.39, 0.29) is 23.6 Å². The molecular formula is C30H31FN4O3S. The van der Waals surface area contributed by atoms with E-state index in [1.165, 1.54) is 12.1 Å². The lowest BCUT2D eigenvalue weighted by Gasteiger charge is -2.30. The lowest BCUT2D eigenvalue weighted by atomic mass is 9.76. The second-order valence-corrected chi connectivity index (χ2v) is 12.5. The maximum atomic E-state index is 13.6. The number of nitriles is 1. The number of benzene rings is 2. The Kier molecular flexibility index (Phi) is 6.98. The lowest BCUT2D eigenvalue weighted by molar-refractivity contribution is -0.127. The number of hydrogen-bond donors (Lipinski definition) is 1. The zero-order valence-electron chi connectivity index (χ0n) is 21.7. The van der Waals surface area contributed by atoms with E-state index in [1.54, 1.807) is 12.1 Å². The molecule has 2 unspecified atom stereocenters. The standard InChI is InChI=1S/C30H31FN4O3S/c31-22-9-5-21(6-10-22)29-33-26(20-7-11-23(12-8-20)35-15-17-39(37)18-16-35)27(38-29)24-3-1-2-4-25(24)28(36)34-30(19-32)13-14-30/h5-12,24-25H,1-4,13-18H2,(H,34,36). The van der Waals surface area contributed by atoms with Crippen LogP contribution in [-0.2, 0) is 15.6 Å². The minimum absolute atomic E-state index is 0.0951. The largest absolute Gasteiger partial charge is 0.440 e. The molecule has 7 nitrogen and oxygen atoms in total. The van der Waals surface area contributed by atoms with E-state index in [0.717, 1.165) is 50.0 Å². The summed E-state index contributed by atoms with van der Waals surface area (Å²) in [6.07, 6.45) is 4.80. The van der Waals surface area contributed by atoms with Crippen molar-refractivity contribution < 1.29 is 17.8 Å². The van der Waals surface area contributed by atoms with Crippen LogP contribution in [0.25, 0.3) is 22.7 Å². The number of halogens is 1. The summed E-state index contributed by atoms with van der Waals surface area (Å²) in [5.74, 6) is 1.48. The molecule has 2 saturated carbocycles. The molecule has 0 radical (unpaired) electrons. The van der Waals surface area contributed by atoms with Crippen LogP contribution in [0.1, 0.15) is 50.2 Å². The minimum atomic E-state index is -0.741. The number of aromatic nitrogens is 1. The smallest absolute Gasteiger partial charge is 0.226 e. The Morgan fingerprint density at radius 1 is 1.05 bits per heavy atom. The fraction of sp³-hybridized carbons (Fsp3) is 0.433. The molecule has 6 rings (SSSR count). The van der Waals surface area contributed by atoms with Crippen molar-refractivity contribution in [3.63, 3.8) is 0 Å². The Labute approximate surface area is 229 Å². The number of oxazole rings is 1. The van der Waals surface area contributed by atoms with Crippen LogP contribution in [0.15, 0.2) is 52.9 Å². The van der Waals surface area contributed by atoms with Gasteiger partial charge in [-0.2, -0.15) is 5.26 Å². The molecule has 202 valence electrons. The zero-order chi connectivity index (χ0) is 27.0. The molecule has 2 atom stereocenters. The van der Waals surface area contributed by atoms with E-state index >= 15 is 0 Å². The van der Waals surface area contributed by atoms with Crippen molar-refractivity contribution in [2.24, 2.45) is 5.92 Å². The molecule has 1 aromatic heterocycles. The summed E-state index contributed by atoms with van der Waals surface area (Å²) in [4.78, 5) is 20.5. The number of anilines is 1. The molecule has 2 aromatic carbocycles. The topological polar surface area (TPSA) is 99.2 Å². The average Bonchev–Trinajstić information content (AvgIpc) is 3.60. The molecule has 2 aliphatic carbocycles. The molecule has 0 spiro atoms. The zero-order valence-corrected chi connectivity index (χ0v) is 22.5. The van der Waals surface area contributed by atoms with Crippen LogP contribution >= 0.6 is 0 Å². The SMILES string of the molecule is N#CC1(NC(=O)C2CCCCC2c2oc(-c3ccc(F)cc3)nc2-c2ccc(N3CCS(=O)CC3)cc2)CC1. The number of hydrogen-bond acceptors (Lipinski definition) is 6. The van der Waals surface area contributed by atoms with Crippen molar-refractivity contribution in [1.29, 1.82) is 5.26 Å². The van der Waals surface area contributed by atoms with Crippen LogP contribution < -0.4 is 10.2 Å². The summed E-state index contributed by atoms with van der Waals surface area (Å²) in [5.41, 5.74) is 2.58. The molecular weight excluding hydrogens is 515 g/mol. The average molecular weight is 547 g/mol. The number of nitrogens with zero attached hydrogens (tertiary/aromatic N) is 3. The first-order valence-corrected chi connectivity index (χ1v) is 15.1. The van der Waals surface area contributed by atoms with Crippen molar-refractivity contribution in [1.82, 2.24) is 10.3 Å². The summed E-state index contributed by atoms with van der Waals surface area (Å²) in [6, 6.07) is 16.5. The highest BCUT2D eigenvalue weighted by atomic mass is 32.2. The first-order chi connectivity index (χ1) is 18.9. The fourth-order valence-corrected chi connectivity index (χ4v) is 6.76. The molecule has 39 heavy (non-hydrogen) atoms. The minimum Gasteiger partial charge on any atom is -0.440 e. The van der Waals surface area contributed by atoms with Crippen LogP contribution in [0, 0.1) is 23.1 Å². The van der Waals surface area contributed by atoms with E-state index in [0.29, 0.717) is 47.3 Å². The van der Waals surface area contributed by atoms with Gasteiger partial charge in [-0.1, -0.05) is 25.0 Å². The summed E-state index contributed by atoms with van der Waals surface area (Å²) in [5, 5.41) is 12.5. The van der Waals surface area contributed by atoms with Gasteiger partial charge in [0, 0.05) is 64.0 Å². The molecule has 3 aliphatic rings. The molecule has 9 heteroatoms. The normalized spacial score (nSPS) is 22.7. The second kappa shape index (κ2) is 10.6. The highest BCUT2D eigenvalue weighted by Crippen LogP contribution is 2.45. The van der Waals surface area contributed by atoms with Crippen LogP contribution in [-0.4, -0.2) is 45.2 Å². The first-order valence-electron chi connectivity index (χ1n) is 13.6. The number of carbonyl (C=O) groups excluding carboxylic acids is 1. The molecule has 1 saturated heterocycles. The third kappa shape index (κ3) is 5.35. The van der Waals surface area contributed by atoms with E-state index in [1.807, 2.05) is 12.1 Å². The monoisotopic (exact) mass is 546 g/mol. The Hall–Kier alpha value is -3.51. The van der Waals surface area contributed by atoms with Gasteiger partial charge in [0.1, 0.15) is 22.8 Å². The number of nitrogens with one attached hydrogen (secondary N) is 1. The van der Waals surface area contributed by atoms with Gasteiger partial charge in [-0.05, 0) is 62.1 Å². The van der Waals surface area contributed by atoms with Crippen molar-refractivity contribution in [2.75, 3.05) is 29.5 Å². The lowest BCUT2D eigenvalue weighted by Crippen LogP contribution is -2.42. The van der Waals surface area contributed by atoms with Gasteiger partial charge >= 0.3 is 0 Å². The third-order valence-electron chi connectivity index (χ3n) is 8.19. The molecule has 0 bridgehead atoms. The van der Waals surface area contributed by atoms with Crippen molar-refractivity contribution in [3.8, 4) is 28.8 Å². The van der Waals surface area contributed by atoms with Crippen molar-refractivity contribution >= 4 is 22.4 Å². The van der Waals surface area contributed by atoms with Crippen LogP contribution in [0.5, 0.6) is 0 Å². The van der Waals surface area contributed by atoms with Crippen molar-refractivity contribution in [3.05, 3.63) is 60.1 Å². The van der Waals surface area contributed by atoms with Crippen LogP contribution in [0.4, 0.5) is 10.1 Å². The van der Waals surface area contributed by atoms with Gasteiger partial charge in [0.25, 0.3) is 0 Å². The summed E-state index contributed by atoms with van der Waals surface area (Å²) < 4.78 is 31.8. The maximum Gasteiger partial charge on any atom is 0.226 e. The van der Waals surface area contributed by atoms with E-state index in [4.69, 9.17) is 9.40 Å². The highest BCUT2D eigenvalue weighted by Gasteiger charge is 2.47. The predicted octanol–water partition coefficient (Wildman–Crippen LogP) is 5.16. The summed E-state index contributed by atoms with van der Waals surface area (Å²) in [7, 11) is -0.741. The van der Waals surface area contributed by atoms with Crippen LogP contribution in [0.3, 0.4) is 0 Å². The summed E-state index contributed by atoms with van der Waals surface area (Å²) in [6.45, 7) is 1.53. The van der Waals surface area contributed by atoms with E-state index in [9.17, 15) is 18.7 Å². The molecule has 1 aliphatic heterocycles. The Bertz CT molecular complexity index is 1420. The molecule has 2 heterocycles. The second-order valence-electron chi connectivity index (χ2n) is 10.8. The fourth-order valence-electron chi connectivity index (χ4n) is 5.71. The van der Waals surface area contributed by atoms with E-state index in [2.05, 4.69) is 28.4 Å². The number of amides is 1. The van der Waals surface area contributed by atoms with Crippen LogP contribution in [0.2, 0.25) is 0 Å². The van der Waals surface area contributed by atoms with Gasteiger partial charge in [0.05, 0.1) is 6.07 Å². The Morgan fingerprint density at radius 2 is 1.72 bits per heavy atom. The van der Waals surface area contributed by atoms with Gasteiger partial charge in [-0.15, -0.1) is 0 Å². The van der Waals surface area contributed by atoms with Gasteiger partial charge < -0.3 is 14.6 Å². The molecule has 3 aromatic rings. The van der Waals surface area contributed by atoms with Crippen molar-refractivity contribution in [2.45, 2.75) is 50.0 Å². The number of carbonyl (C=O) groups is 1. The molecule has 3 fully saturated rings. The number of rotatable bonds is 6. The highest BCUT2D eigenvalue weighted by molar-refractivity contribution is 7.85. The Balaban J connectivity index is 1.35. The summed E-state index contributed by atoms with van der Waals surface area (Å²) >= 11 is 0. The van der Waals surface area contributed by atoms with Gasteiger partial charge in [0.2, 0.25) is 11.8 Å². The first kappa shape index (κ1) is 25.8. The molecule has 1 amide bonds. The maximum absolute atomic E-state index is 13.6.